The lowest BCUT2D eigenvalue weighted by atomic mass is 9.99. The molecule has 0 atom stereocenters. The Morgan fingerprint density at radius 3 is 2.69 bits per heavy atom. The lowest BCUT2D eigenvalue weighted by Gasteiger charge is -2.23. The maximum Gasteiger partial charge on any atom is 0.114 e. The molecule has 84 valence electrons. The third-order valence-corrected chi connectivity index (χ3v) is 2.79. The van der Waals surface area contributed by atoms with E-state index in [1.165, 1.54) is 0 Å². The highest BCUT2D eigenvalue weighted by Crippen LogP contribution is 2.15. The molecular formula is C13H16N2O. The average Bonchev–Trinajstić information content (AvgIpc) is 2.31. The van der Waals surface area contributed by atoms with Crippen LogP contribution in [-0.2, 0) is 0 Å². The van der Waals surface area contributed by atoms with Crippen LogP contribution in [0.2, 0.25) is 0 Å². The van der Waals surface area contributed by atoms with Crippen molar-refractivity contribution < 1.29 is 5.21 Å². The Bertz CT molecular complexity index is 409. The van der Waals surface area contributed by atoms with Crippen LogP contribution in [0.3, 0.4) is 0 Å². The van der Waals surface area contributed by atoms with Crippen molar-refractivity contribution in [2.75, 3.05) is 20.1 Å². The van der Waals surface area contributed by atoms with E-state index in [4.69, 9.17) is 5.21 Å². The van der Waals surface area contributed by atoms with Crippen molar-refractivity contribution in [3.63, 3.8) is 0 Å². The Morgan fingerprint density at radius 2 is 2.06 bits per heavy atom. The first-order valence-corrected chi connectivity index (χ1v) is 5.46. The number of benzene rings is 1. The first-order valence-electron chi connectivity index (χ1n) is 5.46. The molecule has 0 radical (unpaired) electrons. The topological polar surface area (TPSA) is 35.8 Å². The Balaban J connectivity index is 2.28. The number of nitrogens with zero attached hydrogens (tertiary/aromatic N) is 2. The maximum absolute atomic E-state index is 9.15. The van der Waals surface area contributed by atoms with Crippen LogP contribution in [0, 0.1) is 0 Å². The molecular weight excluding hydrogens is 200 g/mol. The summed E-state index contributed by atoms with van der Waals surface area (Å²) in [7, 11) is 2.08. The highest BCUT2D eigenvalue weighted by molar-refractivity contribution is 6.12. The molecule has 1 aromatic rings. The molecule has 1 aliphatic heterocycles. The summed E-state index contributed by atoms with van der Waals surface area (Å²) in [6.07, 6.45) is 3.17. The molecule has 1 N–H and O–H groups in total. The lowest BCUT2D eigenvalue weighted by Crippen LogP contribution is -2.28. The molecule has 1 aliphatic rings. The van der Waals surface area contributed by atoms with Gasteiger partial charge in [0.1, 0.15) is 5.71 Å². The molecule has 1 aromatic carbocycles. The van der Waals surface area contributed by atoms with Crippen molar-refractivity contribution in [3.05, 3.63) is 47.5 Å². The zero-order valence-electron chi connectivity index (χ0n) is 9.43. The summed E-state index contributed by atoms with van der Waals surface area (Å²) in [5.41, 5.74) is 2.75. The van der Waals surface area contributed by atoms with Gasteiger partial charge in [-0.05, 0) is 19.0 Å². The summed E-state index contributed by atoms with van der Waals surface area (Å²) in [5.74, 6) is 0. The molecule has 0 saturated heterocycles. The molecule has 3 heteroatoms. The third-order valence-electron chi connectivity index (χ3n) is 2.79. The van der Waals surface area contributed by atoms with E-state index < -0.39 is 0 Å². The minimum atomic E-state index is 0.687. The lowest BCUT2D eigenvalue weighted by molar-refractivity contribution is 0.317. The molecule has 0 fully saturated rings. The molecule has 16 heavy (non-hydrogen) atoms. The quantitative estimate of drug-likeness (QED) is 0.467. The Morgan fingerprint density at radius 1 is 1.31 bits per heavy atom. The molecule has 1 heterocycles. The van der Waals surface area contributed by atoms with E-state index in [0.717, 1.165) is 30.6 Å². The number of oxime groups is 1. The van der Waals surface area contributed by atoms with Crippen LogP contribution in [0.4, 0.5) is 0 Å². The average molecular weight is 216 g/mol. The van der Waals surface area contributed by atoms with Gasteiger partial charge >= 0.3 is 0 Å². The van der Waals surface area contributed by atoms with Crippen LogP contribution >= 0.6 is 0 Å². The Kier molecular flexibility index (Phi) is 3.37. The third kappa shape index (κ3) is 2.31. The predicted molar refractivity (Wildman–Crippen MR) is 65.0 cm³/mol. The van der Waals surface area contributed by atoms with E-state index in [0.29, 0.717) is 5.71 Å². The fourth-order valence-corrected chi connectivity index (χ4v) is 1.97. The number of rotatable bonds is 2. The summed E-state index contributed by atoms with van der Waals surface area (Å²) in [6, 6.07) is 9.79. The van der Waals surface area contributed by atoms with Crippen LogP contribution in [0.1, 0.15) is 12.0 Å². The monoisotopic (exact) mass is 216 g/mol. The van der Waals surface area contributed by atoms with Crippen LogP contribution in [0.5, 0.6) is 0 Å². The van der Waals surface area contributed by atoms with Crippen molar-refractivity contribution in [2.24, 2.45) is 5.16 Å². The SMILES string of the molecule is CN1CCC=C(/C(=N\O)c2ccccc2)C1. The molecule has 0 bridgehead atoms. The second-order valence-corrected chi connectivity index (χ2v) is 4.07. The second-order valence-electron chi connectivity index (χ2n) is 4.07. The first-order chi connectivity index (χ1) is 7.81. The summed E-state index contributed by atoms with van der Waals surface area (Å²) in [6.45, 7) is 1.91. The predicted octanol–water partition coefficient (Wildman–Crippen LogP) is 2.13. The van der Waals surface area contributed by atoms with Gasteiger partial charge < -0.3 is 10.1 Å². The number of likely N-dealkylation sites (N-methyl/N-ethyl adjacent to an activating group) is 1. The van der Waals surface area contributed by atoms with Gasteiger partial charge in [-0.25, -0.2) is 0 Å². The number of hydrogen-bond acceptors (Lipinski definition) is 3. The van der Waals surface area contributed by atoms with Crippen molar-refractivity contribution >= 4 is 5.71 Å². The fourth-order valence-electron chi connectivity index (χ4n) is 1.97. The van der Waals surface area contributed by atoms with Gasteiger partial charge in [-0.1, -0.05) is 41.6 Å². The maximum atomic E-state index is 9.15. The molecule has 0 spiro atoms. The van der Waals surface area contributed by atoms with Gasteiger partial charge in [-0.15, -0.1) is 0 Å². The van der Waals surface area contributed by atoms with Gasteiger partial charge in [-0.3, -0.25) is 0 Å². The summed E-state index contributed by atoms with van der Waals surface area (Å²) in [4.78, 5) is 2.23. The van der Waals surface area contributed by atoms with Gasteiger partial charge in [-0.2, -0.15) is 0 Å². The number of hydrogen-bond donors (Lipinski definition) is 1. The highest BCUT2D eigenvalue weighted by Gasteiger charge is 2.15. The van der Waals surface area contributed by atoms with Crippen LogP contribution in [0.15, 0.2) is 47.1 Å². The molecule has 2 rings (SSSR count). The van der Waals surface area contributed by atoms with E-state index in [2.05, 4.69) is 23.2 Å². The summed E-state index contributed by atoms with van der Waals surface area (Å²) in [5, 5.41) is 12.6. The Labute approximate surface area is 95.7 Å². The van der Waals surface area contributed by atoms with Crippen molar-refractivity contribution in [1.29, 1.82) is 0 Å². The smallest absolute Gasteiger partial charge is 0.114 e. The highest BCUT2D eigenvalue weighted by atomic mass is 16.4. The van der Waals surface area contributed by atoms with Crippen molar-refractivity contribution in [2.45, 2.75) is 6.42 Å². The van der Waals surface area contributed by atoms with E-state index in [9.17, 15) is 0 Å². The van der Waals surface area contributed by atoms with E-state index in [1.807, 2.05) is 30.3 Å². The minimum Gasteiger partial charge on any atom is -0.410 e. The minimum absolute atomic E-state index is 0.687. The molecule has 3 nitrogen and oxygen atoms in total. The van der Waals surface area contributed by atoms with Crippen molar-refractivity contribution in [1.82, 2.24) is 4.90 Å². The van der Waals surface area contributed by atoms with Crippen molar-refractivity contribution in [3.8, 4) is 0 Å². The van der Waals surface area contributed by atoms with Gasteiger partial charge in [0.05, 0.1) is 0 Å². The Hall–Kier alpha value is -1.61. The standard InChI is InChI=1S/C13H16N2O/c1-15-9-5-8-12(10-15)13(14-16)11-6-3-2-4-7-11/h2-4,6-8,16H,5,9-10H2,1H3/b14-13-. The zero-order valence-corrected chi connectivity index (χ0v) is 9.43. The van der Waals surface area contributed by atoms with Gasteiger partial charge in [0, 0.05) is 18.7 Å². The van der Waals surface area contributed by atoms with Gasteiger partial charge in [0.25, 0.3) is 0 Å². The fraction of sp³-hybridized carbons (Fsp3) is 0.308. The largest absolute Gasteiger partial charge is 0.410 e. The van der Waals surface area contributed by atoms with Crippen LogP contribution in [0.25, 0.3) is 0 Å². The molecule has 0 aromatic heterocycles. The molecule has 0 amide bonds. The van der Waals surface area contributed by atoms with Crippen LogP contribution in [-0.4, -0.2) is 36.0 Å². The molecule has 0 saturated carbocycles. The molecule has 0 aliphatic carbocycles. The van der Waals surface area contributed by atoms with Gasteiger partial charge in [0.2, 0.25) is 0 Å². The summed E-state index contributed by atoms with van der Waals surface area (Å²) >= 11 is 0. The van der Waals surface area contributed by atoms with Gasteiger partial charge in [0.15, 0.2) is 0 Å². The molecule has 0 unspecified atom stereocenters. The van der Waals surface area contributed by atoms with E-state index in [-0.39, 0.29) is 0 Å². The van der Waals surface area contributed by atoms with E-state index >= 15 is 0 Å². The normalized spacial score (nSPS) is 18.3. The van der Waals surface area contributed by atoms with E-state index in [1.54, 1.807) is 0 Å². The second kappa shape index (κ2) is 4.94. The first kappa shape index (κ1) is 10.9. The summed E-state index contributed by atoms with van der Waals surface area (Å²) < 4.78 is 0. The van der Waals surface area contributed by atoms with Crippen LogP contribution < -0.4 is 0 Å². The zero-order chi connectivity index (χ0) is 11.4.